The maximum absolute atomic E-state index is 5.20. The van der Waals surface area contributed by atoms with E-state index in [-0.39, 0.29) is 0 Å². The Morgan fingerprint density at radius 3 is 2.38 bits per heavy atom. The first-order valence-corrected chi connectivity index (χ1v) is 9.44. The lowest BCUT2D eigenvalue weighted by Gasteiger charge is -2.24. The highest BCUT2D eigenvalue weighted by molar-refractivity contribution is 5.55. The Hall–Kier alpha value is -1.98. The van der Waals surface area contributed by atoms with E-state index in [0.717, 1.165) is 42.7 Å². The van der Waals surface area contributed by atoms with Crippen LogP contribution in [0.25, 0.3) is 11.4 Å². The third-order valence-electron chi connectivity index (χ3n) is 5.26. The number of aromatic nitrogens is 2. The first-order valence-electron chi connectivity index (χ1n) is 9.44. The Bertz CT molecular complexity index is 684. The summed E-state index contributed by atoms with van der Waals surface area (Å²) in [6, 6.07) is 8.50. The number of likely N-dealkylation sites (N-methyl/N-ethyl adjacent to an activating group) is 1. The van der Waals surface area contributed by atoms with Crippen molar-refractivity contribution in [2.45, 2.75) is 32.4 Å². The van der Waals surface area contributed by atoms with Gasteiger partial charge in [-0.25, -0.2) is 9.97 Å². The molecule has 0 bridgehead atoms. The Balaban J connectivity index is 1.64. The molecule has 140 valence electrons. The lowest BCUT2D eigenvalue weighted by molar-refractivity contribution is 0.238. The normalized spacial score (nSPS) is 20.7. The van der Waals surface area contributed by atoms with E-state index < -0.39 is 0 Å². The van der Waals surface area contributed by atoms with Gasteiger partial charge in [-0.3, -0.25) is 4.90 Å². The van der Waals surface area contributed by atoms with Crippen LogP contribution < -0.4 is 4.74 Å². The molecule has 0 N–H and O–H groups in total. The number of methoxy groups -OCH3 is 1. The van der Waals surface area contributed by atoms with Gasteiger partial charge < -0.3 is 9.64 Å². The highest BCUT2D eigenvalue weighted by Gasteiger charge is 2.33. The fraction of sp³-hybridized carbons (Fsp3) is 0.524. The van der Waals surface area contributed by atoms with E-state index in [1.54, 1.807) is 7.11 Å². The zero-order valence-corrected chi connectivity index (χ0v) is 16.4. The Labute approximate surface area is 157 Å². The molecule has 1 aromatic carbocycles. The smallest absolute Gasteiger partial charge is 0.159 e. The van der Waals surface area contributed by atoms with Crippen molar-refractivity contribution < 1.29 is 4.74 Å². The number of hydrogen-bond acceptors (Lipinski definition) is 5. The molecule has 1 fully saturated rings. The van der Waals surface area contributed by atoms with E-state index in [9.17, 15) is 0 Å². The number of benzene rings is 1. The van der Waals surface area contributed by atoms with E-state index in [1.165, 1.54) is 18.4 Å². The first-order chi connectivity index (χ1) is 12.6. The maximum atomic E-state index is 5.20. The van der Waals surface area contributed by atoms with E-state index in [2.05, 4.69) is 40.8 Å². The van der Waals surface area contributed by atoms with Crippen LogP contribution >= 0.6 is 0 Å². The molecule has 0 unspecified atom stereocenters. The fourth-order valence-electron chi connectivity index (χ4n) is 3.89. The second kappa shape index (κ2) is 8.60. The molecule has 1 aromatic heterocycles. The van der Waals surface area contributed by atoms with Gasteiger partial charge in [-0.15, -0.1) is 0 Å². The summed E-state index contributed by atoms with van der Waals surface area (Å²) in [7, 11) is 6.07. The Morgan fingerprint density at radius 2 is 1.81 bits per heavy atom. The highest BCUT2D eigenvalue weighted by atomic mass is 16.5. The molecule has 26 heavy (non-hydrogen) atoms. The maximum Gasteiger partial charge on any atom is 0.159 e. The average molecular weight is 354 g/mol. The van der Waals surface area contributed by atoms with Crippen LogP contribution in [0.5, 0.6) is 5.75 Å². The lowest BCUT2D eigenvalue weighted by Crippen LogP contribution is -2.35. The van der Waals surface area contributed by atoms with E-state index in [0.29, 0.717) is 6.04 Å². The second-order valence-electron chi connectivity index (χ2n) is 7.42. The van der Waals surface area contributed by atoms with Crippen LogP contribution in [0.3, 0.4) is 0 Å². The molecule has 5 nitrogen and oxygen atoms in total. The topological polar surface area (TPSA) is 41.5 Å². The minimum Gasteiger partial charge on any atom is -0.497 e. The molecule has 1 aliphatic heterocycles. The number of nitrogens with zero attached hydrogens (tertiary/aromatic N) is 4. The highest BCUT2D eigenvalue weighted by Crippen LogP contribution is 2.26. The van der Waals surface area contributed by atoms with Gasteiger partial charge in [0.1, 0.15) is 5.75 Å². The van der Waals surface area contributed by atoms with Crippen LogP contribution in [0.15, 0.2) is 36.7 Å². The van der Waals surface area contributed by atoms with Gasteiger partial charge in [0.2, 0.25) is 0 Å². The number of likely N-dealkylation sites (tertiary alicyclic amines) is 1. The molecule has 2 aromatic rings. The predicted octanol–water partition coefficient (Wildman–Crippen LogP) is 3.31. The molecule has 3 rings (SSSR count). The van der Waals surface area contributed by atoms with Gasteiger partial charge in [0, 0.05) is 49.2 Å². The van der Waals surface area contributed by atoms with Crippen molar-refractivity contribution in [1.82, 2.24) is 19.8 Å². The summed E-state index contributed by atoms with van der Waals surface area (Å²) in [4.78, 5) is 14.1. The van der Waals surface area contributed by atoms with Crippen molar-refractivity contribution in [1.29, 1.82) is 0 Å². The molecule has 0 saturated carbocycles. The Kier molecular flexibility index (Phi) is 6.22. The van der Waals surface area contributed by atoms with Crippen molar-refractivity contribution in [3.8, 4) is 17.1 Å². The standard InChI is InChI=1S/C21H30N4O/c1-5-6-18-14-25(15-20(18)24(2)3)13-16-11-22-21(23-12-16)17-7-9-19(26-4)10-8-17/h7-12,18,20H,5-6,13-15H2,1-4H3/t18-,20-/m1/s1. The number of hydrogen-bond donors (Lipinski definition) is 0. The van der Waals surface area contributed by atoms with Gasteiger partial charge in [-0.05, 0) is 50.7 Å². The molecule has 2 heterocycles. The van der Waals surface area contributed by atoms with Gasteiger partial charge in [-0.1, -0.05) is 13.3 Å². The van der Waals surface area contributed by atoms with Crippen LogP contribution in [-0.2, 0) is 6.54 Å². The molecule has 0 spiro atoms. The van der Waals surface area contributed by atoms with E-state index in [4.69, 9.17) is 4.74 Å². The summed E-state index contributed by atoms with van der Waals surface area (Å²) in [6.45, 7) is 5.49. The zero-order chi connectivity index (χ0) is 18.5. The summed E-state index contributed by atoms with van der Waals surface area (Å²) in [5.41, 5.74) is 2.19. The van der Waals surface area contributed by atoms with Crippen molar-refractivity contribution in [3.05, 3.63) is 42.2 Å². The molecule has 0 radical (unpaired) electrons. The van der Waals surface area contributed by atoms with Gasteiger partial charge >= 0.3 is 0 Å². The SMILES string of the molecule is CCC[C@@H]1CN(Cc2cnc(-c3ccc(OC)cc3)nc2)C[C@H]1N(C)C. The minimum atomic E-state index is 0.648. The zero-order valence-electron chi connectivity index (χ0n) is 16.4. The quantitative estimate of drug-likeness (QED) is 0.763. The summed E-state index contributed by atoms with van der Waals surface area (Å²) < 4.78 is 5.20. The number of rotatable bonds is 7. The first kappa shape index (κ1) is 18.8. The number of ether oxygens (including phenoxy) is 1. The van der Waals surface area contributed by atoms with Gasteiger partial charge in [0.25, 0.3) is 0 Å². The van der Waals surface area contributed by atoms with Crippen molar-refractivity contribution in [2.24, 2.45) is 5.92 Å². The third-order valence-corrected chi connectivity index (χ3v) is 5.26. The Morgan fingerprint density at radius 1 is 1.12 bits per heavy atom. The minimum absolute atomic E-state index is 0.648. The summed E-state index contributed by atoms with van der Waals surface area (Å²) in [6.07, 6.45) is 6.48. The lowest BCUT2D eigenvalue weighted by atomic mass is 9.98. The van der Waals surface area contributed by atoms with Crippen LogP contribution in [0, 0.1) is 5.92 Å². The van der Waals surface area contributed by atoms with Crippen molar-refractivity contribution in [3.63, 3.8) is 0 Å². The van der Waals surface area contributed by atoms with Gasteiger partial charge in [0.15, 0.2) is 5.82 Å². The van der Waals surface area contributed by atoms with Crippen molar-refractivity contribution in [2.75, 3.05) is 34.3 Å². The van der Waals surface area contributed by atoms with E-state index >= 15 is 0 Å². The predicted molar refractivity (Wildman–Crippen MR) is 105 cm³/mol. The molecular formula is C21H30N4O. The monoisotopic (exact) mass is 354 g/mol. The van der Waals surface area contributed by atoms with Crippen LogP contribution in [-0.4, -0.2) is 60.1 Å². The third kappa shape index (κ3) is 4.40. The average Bonchev–Trinajstić information content (AvgIpc) is 3.05. The second-order valence-corrected chi connectivity index (χ2v) is 7.42. The largest absolute Gasteiger partial charge is 0.497 e. The van der Waals surface area contributed by atoms with Crippen LogP contribution in [0.4, 0.5) is 0 Å². The molecule has 5 heteroatoms. The molecule has 1 aliphatic rings. The molecule has 2 atom stereocenters. The molecular weight excluding hydrogens is 324 g/mol. The van der Waals surface area contributed by atoms with Crippen LogP contribution in [0.1, 0.15) is 25.3 Å². The summed E-state index contributed by atoms with van der Waals surface area (Å²) in [5.74, 6) is 2.36. The fourth-order valence-corrected chi connectivity index (χ4v) is 3.89. The molecule has 0 amide bonds. The molecule has 1 saturated heterocycles. The summed E-state index contributed by atoms with van der Waals surface area (Å²) in [5, 5.41) is 0. The van der Waals surface area contributed by atoms with Crippen LogP contribution in [0.2, 0.25) is 0 Å². The summed E-state index contributed by atoms with van der Waals surface area (Å²) >= 11 is 0. The van der Waals surface area contributed by atoms with E-state index in [1.807, 2.05) is 36.7 Å². The van der Waals surface area contributed by atoms with Gasteiger partial charge in [-0.2, -0.15) is 0 Å². The van der Waals surface area contributed by atoms with Gasteiger partial charge in [0.05, 0.1) is 7.11 Å². The van der Waals surface area contributed by atoms with Crippen molar-refractivity contribution >= 4 is 0 Å². The molecule has 0 aliphatic carbocycles.